The molecule has 132 valence electrons. The molecule has 0 fully saturated rings. The summed E-state index contributed by atoms with van der Waals surface area (Å²) in [6.45, 7) is 1.68. The molecule has 0 bridgehead atoms. The van der Waals surface area contributed by atoms with Crippen LogP contribution in [0.4, 0.5) is 11.4 Å². The molecule has 0 aliphatic carbocycles. The SMILES string of the molecule is CCOC(=O)/C(C#N)=N\Nc1cc(Oc2ccccc2)cc([N+](=O)[O-])c1. The summed E-state index contributed by atoms with van der Waals surface area (Å²) in [7, 11) is 0. The summed E-state index contributed by atoms with van der Waals surface area (Å²) < 4.78 is 10.3. The lowest BCUT2D eigenvalue weighted by Gasteiger charge is -2.08. The molecule has 0 heterocycles. The highest BCUT2D eigenvalue weighted by Gasteiger charge is 2.14. The van der Waals surface area contributed by atoms with Crippen LogP contribution in [0.25, 0.3) is 0 Å². The molecule has 0 aromatic heterocycles. The average Bonchev–Trinajstić information content (AvgIpc) is 2.63. The zero-order chi connectivity index (χ0) is 18.9. The number of nitro benzene ring substituents is 1. The number of nitro groups is 1. The molecule has 0 spiro atoms. The number of nitrogens with zero attached hydrogens (tertiary/aromatic N) is 3. The van der Waals surface area contributed by atoms with Crippen molar-refractivity contribution < 1.29 is 19.2 Å². The molecule has 0 aliphatic heterocycles. The van der Waals surface area contributed by atoms with Gasteiger partial charge in [0.05, 0.1) is 23.3 Å². The lowest BCUT2D eigenvalue weighted by Crippen LogP contribution is -2.17. The van der Waals surface area contributed by atoms with E-state index in [4.69, 9.17) is 10.00 Å². The molecule has 0 saturated heterocycles. The molecule has 0 unspecified atom stereocenters. The van der Waals surface area contributed by atoms with E-state index in [2.05, 4.69) is 15.3 Å². The number of nitrogens with one attached hydrogen (secondary N) is 1. The molecule has 1 N–H and O–H groups in total. The van der Waals surface area contributed by atoms with Crippen molar-refractivity contribution in [1.29, 1.82) is 5.26 Å². The Kier molecular flexibility index (Phi) is 6.23. The van der Waals surface area contributed by atoms with E-state index in [0.29, 0.717) is 5.75 Å². The molecule has 0 saturated carbocycles. The molecule has 2 aromatic rings. The van der Waals surface area contributed by atoms with Crippen molar-refractivity contribution in [3.05, 3.63) is 58.6 Å². The van der Waals surface area contributed by atoms with Gasteiger partial charge in [-0.3, -0.25) is 15.5 Å². The van der Waals surface area contributed by atoms with Gasteiger partial charge in [0.2, 0.25) is 5.71 Å². The molecular weight excluding hydrogens is 340 g/mol. The monoisotopic (exact) mass is 354 g/mol. The molecule has 26 heavy (non-hydrogen) atoms. The number of benzene rings is 2. The number of para-hydroxylation sites is 1. The predicted octanol–water partition coefficient (Wildman–Crippen LogP) is 3.24. The third-order valence-electron chi connectivity index (χ3n) is 2.95. The largest absolute Gasteiger partial charge is 0.461 e. The molecular formula is C17H14N4O5. The van der Waals surface area contributed by atoms with Crippen molar-refractivity contribution in [2.45, 2.75) is 6.92 Å². The Labute approximate surface area is 148 Å². The summed E-state index contributed by atoms with van der Waals surface area (Å²) in [5.41, 5.74) is 1.85. The second kappa shape index (κ2) is 8.79. The number of carbonyl (C=O) groups excluding carboxylic acids is 1. The molecule has 9 heteroatoms. The van der Waals surface area contributed by atoms with Gasteiger partial charge in [0, 0.05) is 12.1 Å². The van der Waals surface area contributed by atoms with Crippen LogP contribution in [0, 0.1) is 21.4 Å². The summed E-state index contributed by atoms with van der Waals surface area (Å²) in [6.07, 6.45) is 0. The Morgan fingerprint density at radius 2 is 2.00 bits per heavy atom. The molecule has 0 atom stereocenters. The predicted molar refractivity (Wildman–Crippen MR) is 92.9 cm³/mol. The molecule has 2 aromatic carbocycles. The van der Waals surface area contributed by atoms with Gasteiger partial charge in [0.15, 0.2) is 0 Å². The van der Waals surface area contributed by atoms with Crippen molar-refractivity contribution >= 4 is 23.1 Å². The van der Waals surface area contributed by atoms with E-state index in [1.165, 1.54) is 18.2 Å². The first-order valence-corrected chi connectivity index (χ1v) is 7.46. The quantitative estimate of drug-likeness (QED) is 0.350. The van der Waals surface area contributed by atoms with Crippen LogP contribution in [0.5, 0.6) is 11.5 Å². The minimum Gasteiger partial charge on any atom is -0.461 e. The highest BCUT2D eigenvalue weighted by atomic mass is 16.6. The Bertz CT molecular complexity index is 874. The van der Waals surface area contributed by atoms with Crippen LogP contribution in [0.1, 0.15) is 6.92 Å². The number of nitriles is 1. The Morgan fingerprint density at radius 1 is 1.27 bits per heavy atom. The number of esters is 1. The number of carbonyl (C=O) groups is 1. The van der Waals surface area contributed by atoms with Crippen LogP contribution in [0.15, 0.2) is 53.6 Å². The highest BCUT2D eigenvalue weighted by Crippen LogP contribution is 2.29. The average molecular weight is 354 g/mol. The second-order valence-electron chi connectivity index (χ2n) is 4.79. The third kappa shape index (κ3) is 5.04. The number of non-ortho nitro benzene ring substituents is 1. The summed E-state index contributed by atoms with van der Waals surface area (Å²) in [5.74, 6) is -0.210. The Morgan fingerprint density at radius 3 is 2.62 bits per heavy atom. The van der Waals surface area contributed by atoms with E-state index in [9.17, 15) is 14.9 Å². The number of hydrogen-bond donors (Lipinski definition) is 1. The number of ether oxygens (including phenoxy) is 2. The van der Waals surface area contributed by atoms with Gasteiger partial charge in [-0.25, -0.2) is 4.79 Å². The maximum Gasteiger partial charge on any atom is 0.369 e. The Balaban J connectivity index is 2.28. The highest BCUT2D eigenvalue weighted by molar-refractivity contribution is 6.43. The van der Waals surface area contributed by atoms with Crippen LogP contribution < -0.4 is 10.2 Å². The van der Waals surface area contributed by atoms with Gasteiger partial charge in [-0.2, -0.15) is 10.4 Å². The van der Waals surface area contributed by atoms with Gasteiger partial charge in [0.1, 0.15) is 17.6 Å². The zero-order valence-electron chi connectivity index (χ0n) is 13.7. The fraction of sp³-hybridized carbons (Fsp3) is 0.118. The number of anilines is 1. The van der Waals surface area contributed by atoms with Gasteiger partial charge in [-0.05, 0) is 19.1 Å². The van der Waals surface area contributed by atoms with E-state index >= 15 is 0 Å². The number of rotatable bonds is 7. The van der Waals surface area contributed by atoms with Crippen molar-refractivity contribution in [1.82, 2.24) is 0 Å². The number of hydrogen-bond acceptors (Lipinski definition) is 8. The molecule has 0 amide bonds. The zero-order valence-corrected chi connectivity index (χ0v) is 13.7. The van der Waals surface area contributed by atoms with Crippen LogP contribution in [-0.4, -0.2) is 23.2 Å². The van der Waals surface area contributed by atoms with Crippen LogP contribution in [0.3, 0.4) is 0 Å². The van der Waals surface area contributed by atoms with E-state index in [1.807, 2.05) is 0 Å². The maximum atomic E-state index is 11.5. The number of hydrazone groups is 1. The first kappa shape index (κ1) is 18.4. The summed E-state index contributed by atoms with van der Waals surface area (Å²) in [4.78, 5) is 22.0. The summed E-state index contributed by atoms with van der Waals surface area (Å²) in [5, 5.41) is 23.7. The smallest absolute Gasteiger partial charge is 0.369 e. The van der Waals surface area contributed by atoms with E-state index in [0.717, 1.165) is 0 Å². The fourth-order valence-electron chi connectivity index (χ4n) is 1.87. The van der Waals surface area contributed by atoms with Crippen LogP contribution >= 0.6 is 0 Å². The van der Waals surface area contributed by atoms with Gasteiger partial charge < -0.3 is 9.47 Å². The van der Waals surface area contributed by atoms with Crippen molar-refractivity contribution in [3.63, 3.8) is 0 Å². The van der Waals surface area contributed by atoms with E-state index < -0.39 is 16.6 Å². The first-order valence-electron chi connectivity index (χ1n) is 7.46. The molecule has 2 rings (SSSR count). The standard InChI is InChI=1S/C17H14N4O5/c1-2-25-17(22)16(11-18)20-19-12-8-13(21(23)24)10-15(9-12)26-14-6-4-3-5-7-14/h3-10,19H,2H2,1H3/b20-16-. The minimum atomic E-state index is -0.895. The summed E-state index contributed by atoms with van der Waals surface area (Å²) in [6, 6.07) is 14.2. The molecule has 0 radical (unpaired) electrons. The summed E-state index contributed by atoms with van der Waals surface area (Å²) >= 11 is 0. The molecule has 9 nitrogen and oxygen atoms in total. The topological polar surface area (TPSA) is 127 Å². The van der Waals surface area contributed by atoms with Crippen molar-refractivity contribution in [2.24, 2.45) is 5.10 Å². The first-order chi connectivity index (χ1) is 12.5. The van der Waals surface area contributed by atoms with Gasteiger partial charge in [-0.15, -0.1) is 0 Å². The normalized spacial score (nSPS) is 10.5. The Hall–Kier alpha value is -3.93. The maximum absolute atomic E-state index is 11.5. The van der Waals surface area contributed by atoms with Crippen molar-refractivity contribution in [3.8, 4) is 17.6 Å². The van der Waals surface area contributed by atoms with Gasteiger partial charge in [-0.1, -0.05) is 18.2 Å². The lowest BCUT2D eigenvalue weighted by atomic mass is 10.2. The van der Waals surface area contributed by atoms with E-state index in [-0.39, 0.29) is 23.7 Å². The van der Waals surface area contributed by atoms with Crippen LogP contribution in [-0.2, 0) is 9.53 Å². The molecule has 0 aliphatic rings. The van der Waals surface area contributed by atoms with Crippen molar-refractivity contribution in [2.75, 3.05) is 12.0 Å². The van der Waals surface area contributed by atoms with Gasteiger partial charge in [0.25, 0.3) is 5.69 Å². The third-order valence-corrected chi connectivity index (χ3v) is 2.95. The lowest BCUT2D eigenvalue weighted by molar-refractivity contribution is -0.384. The minimum absolute atomic E-state index is 0.0887. The fourth-order valence-corrected chi connectivity index (χ4v) is 1.87. The van der Waals surface area contributed by atoms with Crippen LogP contribution in [0.2, 0.25) is 0 Å². The second-order valence-corrected chi connectivity index (χ2v) is 4.79. The van der Waals surface area contributed by atoms with E-state index in [1.54, 1.807) is 43.3 Å². The van der Waals surface area contributed by atoms with Gasteiger partial charge >= 0.3 is 5.97 Å².